The Balaban J connectivity index is 2.22. The van der Waals surface area contributed by atoms with Crippen LogP contribution in [0.4, 0.5) is 5.82 Å². The Morgan fingerprint density at radius 1 is 1.62 bits per heavy atom. The Bertz CT molecular complexity index is 414. The number of hydrogen-bond donors (Lipinski definition) is 2. The van der Waals surface area contributed by atoms with Crippen LogP contribution in [0.2, 0.25) is 0 Å². The fourth-order valence-electron chi connectivity index (χ4n) is 1.96. The fourth-order valence-corrected chi connectivity index (χ4v) is 2.45. The number of halogens is 1. The van der Waals surface area contributed by atoms with E-state index < -0.39 is 0 Å². The first-order valence-corrected chi connectivity index (χ1v) is 6.16. The number of nitrogens with zero attached hydrogens (tertiary/aromatic N) is 2. The molecule has 1 aliphatic heterocycles. The first kappa shape index (κ1) is 11.6. The fraction of sp³-hybridized carbons (Fsp3) is 0.600. The zero-order chi connectivity index (χ0) is 11.5. The third kappa shape index (κ3) is 2.27. The summed E-state index contributed by atoms with van der Waals surface area (Å²) in [6.45, 7) is 2.02. The van der Waals surface area contributed by atoms with E-state index in [-0.39, 0.29) is 5.56 Å². The maximum absolute atomic E-state index is 11.4. The molecule has 1 aromatic rings. The van der Waals surface area contributed by atoms with E-state index in [1.165, 1.54) is 6.33 Å². The number of hydrogen-bond acceptors (Lipinski definition) is 4. The number of aromatic amines is 1. The molecule has 6 heteroatoms. The van der Waals surface area contributed by atoms with E-state index in [0.717, 1.165) is 25.9 Å². The van der Waals surface area contributed by atoms with Crippen molar-refractivity contribution >= 4 is 21.7 Å². The standard InChI is InChI=1S/C10H15BrN4O/c1-15(7-3-2-4-12-5-7)9-8(11)10(16)14-6-13-9/h6-7,12H,2-5H2,1H3,(H,13,14,16). The molecule has 1 aliphatic rings. The summed E-state index contributed by atoms with van der Waals surface area (Å²) in [6, 6.07) is 0.402. The number of likely N-dealkylation sites (N-methyl/N-ethyl adjacent to an activating group) is 1. The van der Waals surface area contributed by atoms with Crippen molar-refractivity contribution in [3.05, 3.63) is 21.2 Å². The Kier molecular flexibility index (Phi) is 3.60. The van der Waals surface area contributed by atoms with Gasteiger partial charge in [-0.3, -0.25) is 4.79 Å². The van der Waals surface area contributed by atoms with Crippen LogP contribution in [0.25, 0.3) is 0 Å². The van der Waals surface area contributed by atoms with Gasteiger partial charge in [0, 0.05) is 19.6 Å². The van der Waals surface area contributed by atoms with Crippen molar-refractivity contribution in [1.29, 1.82) is 0 Å². The molecule has 2 rings (SSSR count). The molecule has 0 radical (unpaired) electrons. The number of aromatic nitrogens is 2. The summed E-state index contributed by atoms with van der Waals surface area (Å²) in [5.74, 6) is 0.706. The van der Waals surface area contributed by atoms with Gasteiger partial charge in [0.05, 0.1) is 6.33 Å². The third-order valence-electron chi connectivity index (χ3n) is 2.93. The lowest BCUT2D eigenvalue weighted by molar-refractivity contribution is 0.443. The van der Waals surface area contributed by atoms with Crippen molar-refractivity contribution in [2.45, 2.75) is 18.9 Å². The lowest BCUT2D eigenvalue weighted by atomic mass is 10.1. The van der Waals surface area contributed by atoms with Crippen molar-refractivity contribution in [2.24, 2.45) is 0 Å². The van der Waals surface area contributed by atoms with Gasteiger partial charge in [0.2, 0.25) is 0 Å². The average molecular weight is 287 g/mol. The van der Waals surface area contributed by atoms with Crippen LogP contribution in [0.15, 0.2) is 15.6 Å². The van der Waals surface area contributed by atoms with E-state index in [2.05, 4.69) is 36.1 Å². The Morgan fingerprint density at radius 3 is 3.12 bits per heavy atom. The van der Waals surface area contributed by atoms with E-state index in [1.54, 1.807) is 0 Å². The summed E-state index contributed by atoms with van der Waals surface area (Å²) < 4.78 is 0.503. The van der Waals surface area contributed by atoms with Crippen molar-refractivity contribution in [2.75, 3.05) is 25.0 Å². The van der Waals surface area contributed by atoms with Crippen LogP contribution in [0, 0.1) is 0 Å². The number of nitrogens with one attached hydrogen (secondary N) is 2. The maximum atomic E-state index is 11.4. The van der Waals surface area contributed by atoms with E-state index in [9.17, 15) is 4.79 Å². The zero-order valence-electron chi connectivity index (χ0n) is 9.16. The van der Waals surface area contributed by atoms with Crippen LogP contribution in [0.5, 0.6) is 0 Å². The topological polar surface area (TPSA) is 61.0 Å². The quantitative estimate of drug-likeness (QED) is 0.841. The smallest absolute Gasteiger partial charge is 0.267 e. The normalized spacial score (nSPS) is 20.8. The molecule has 88 valence electrons. The average Bonchev–Trinajstić information content (AvgIpc) is 2.33. The molecule has 0 bridgehead atoms. The second-order valence-electron chi connectivity index (χ2n) is 3.98. The minimum atomic E-state index is -0.138. The molecular formula is C10H15BrN4O. The molecule has 1 fully saturated rings. The summed E-state index contributed by atoms with van der Waals surface area (Å²) in [7, 11) is 1.98. The van der Waals surface area contributed by atoms with Gasteiger partial charge in [0.1, 0.15) is 10.3 Å². The molecule has 0 aliphatic carbocycles. The van der Waals surface area contributed by atoms with E-state index >= 15 is 0 Å². The molecule has 2 N–H and O–H groups in total. The van der Waals surface area contributed by atoms with E-state index in [1.807, 2.05) is 7.05 Å². The molecule has 16 heavy (non-hydrogen) atoms. The zero-order valence-corrected chi connectivity index (χ0v) is 10.7. The molecule has 1 unspecified atom stereocenters. The van der Waals surface area contributed by atoms with Crippen LogP contribution >= 0.6 is 15.9 Å². The van der Waals surface area contributed by atoms with Crippen LogP contribution in [0.3, 0.4) is 0 Å². The monoisotopic (exact) mass is 286 g/mol. The van der Waals surface area contributed by atoms with Gasteiger partial charge in [-0.25, -0.2) is 4.98 Å². The second kappa shape index (κ2) is 4.97. The van der Waals surface area contributed by atoms with Gasteiger partial charge in [-0.2, -0.15) is 0 Å². The van der Waals surface area contributed by atoms with Gasteiger partial charge in [-0.15, -0.1) is 0 Å². The number of rotatable bonds is 2. The minimum absolute atomic E-state index is 0.138. The Morgan fingerprint density at radius 2 is 2.44 bits per heavy atom. The third-order valence-corrected chi connectivity index (χ3v) is 3.65. The molecule has 2 heterocycles. The van der Waals surface area contributed by atoms with Gasteiger partial charge >= 0.3 is 0 Å². The van der Waals surface area contributed by atoms with Crippen molar-refractivity contribution < 1.29 is 0 Å². The summed E-state index contributed by atoms with van der Waals surface area (Å²) in [5, 5.41) is 3.35. The second-order valence-corrected chi connectivity index (χ2v) is 4.77. The van der Waals surface area contributed by atoms with Crippen molar-refractivity contribution in [3.63, 3.8) is 0 Å². The summed E-state index contributed by atoms with van der Waals surface area (Å²) in [6.07, 6.45) is 3.73. The molecule has 1 atom stereocenters. The SMILES string of the molecule is CN(c1nc[nH]c(=O)c1Br)C1CCCNC1. The minimum Gasteiger partial charge on any atom is -0.354 e. The Labute approximate surface area is 102 Å². The lowest BCUT2D eigenvalue weighted by Gasteiger charge is -2.32. The molecular weight excluding hydrogens is 272 g/mol. The van der Waals surface area contributed by atoms with E-state index in [0.29, 0.717) is 16.3 Å². The van der Waals surface area contributed by atoms with Crippen LogP contribution in [-0.2, 0) is 0 Å². The Hall–Kier alpha value is -0.880. The molecule has 0 saturated carbocycles. The van der Waals surface area contributed by atoms with E-state index in [4.69, 9.17) is 0 Å². The van der Waals surface area contributed by atoms with Crippen molar-refractivity contribution in [1.82, 2.24) is 15.3 Å². The van der Waals surface area contributed by atoms with Crippen molar-refractivity contribution in [3.8, 4) is 0 Å². The largest absolute Gasteiger partial charge is 0.354 e. The van der Waals surface area contributed by atoms with Gasteiger partial charge in [0.25, 0.3) is 5.56 Å². The number of anilines is 1. The first-order valence-electron chi connectivity index (χ1n) is 5.37. The van der Waals surface area contributed by atoms with Crippen LogP contribution in [0.1, 0.15) is 12.8 Å². The van der Waals surface area contributed by atoms with Crippen LogP contribution < -0.4 is 15.8 Å². The highest BCUT2D eigenvalue weighted by molar-refractivity contribution is 9.10. The first-order chi connectivity index (χ1) is 7.70. The highest BCUT2D eigenvalue weighted by atomic mass is 79.9. The molecule has 0 aromatic carbocycles. The number of piperidine rings is 1. The van der Waals surface area contributed by atoms with Gasteiger partial charge in [-0.1, -0.05) is 0 Å². The summed E-state index contributed by atoms with van der Waals surface area (Å²) in [5.41, 5.74) is -0.138. The van der Waals surface area contributed by atoms with Gasteiger partial charge < -0.3 is 15.2 Å². The van der Waals surface area contributed by atoms with Crippen LogP contribution in [-0.4, -0.2) is 36.1 Å². The molecule has 1 aromatic heterocycles. The predicted octanol–water partition coefficient (Wildman–Crippen LogP) is 0.721. The molecule has 0 spiro atoms. The highest BCUT2D eigenvalue weighted by Gasteiger charge is 2.21. The summed E-state index contributed by atoms with van der Waals surface area (Å²) >= 11 is 3.28. The van der Waals surface area contributed by atoms with Gasteiger partial charge in [0.15, 0.2) is 0 Å². The maximum Gasteiger partial charge on any atom is 0.267 e. The number of H-pyrrole nitrogens is 1. The molecule has 1 saturated heterocycles. The highest BCUT2D eigenvalue weighted by Crippen LogP contribution is 2.21. The predicted molar refractivity (Wildman–Crippen MR) is 66.9 cm³/mol. The molecule has 5 nitrogen and oxygen atoms in total. The summed E-state index contributed by atoms with van der Waals surface area (Å²) in [4.78, 5) is 20.3. The lowest BCUT2D eigenvalue weighted by Crippen LogP contribution is -2.45. The molecule has 0 amide bonds. The van der Waals surface area contributed by atoms with Gasteiger partial charge in [-0.05, 0) is 35.3 Å².